The van der Waals surface area contributed by atoms with Crippen LogP contribution in [0.25, 0.3) is 0 Å². The highest BCUT2D eigenvalue weighted by molar-refractivity contribution is 5.22. The van der Waals surface area contributed by atoms with Gasteiger partial charge in [0.15, 0.2) is 0 Å². The monoisotopic (exact) mass is 529 g/mol. The number of nitrogens with zero attached hydrogens (tertiary/aromatic N) is 2. The van der Waals surface area contributed by atoms with Crippen molar-refractivity contribution in [1.29, 1.82) is 0 Å². The van der Waals surface area contributed by atoms with Gasteiger partial charge in [0.05, 0.1) is 19.5 Å². The zero-order valence-corrected chi connectivity index (χ0v) is 25.6. The minimum atomic E-state index is 0.519. The van der Waals surface area contributed by atoms with Crippen molar-refractivity contribution in [3.05, 3.63) is 89.5 Å². The molecule has 0 aliphatic heterocycles. The van der Waals surface area contributed by atoms with Crippen molar-refractivity contribution in [3.8, 4) is 0 Å². The molecule has 1 atom stereocenters. The van der Waals surface area contributed by atoms with Crippen molar-refractivity contribution in [2.75, 3.05) is 0 Å². The third-order valence-electron chi connectivity index (χ3n) is 8.37. The first-order valence-corrected chi connectivity index (χ1v) is 16.4. The van der Waals surface area contributed by atoms with Crippen molar-refractivity contribution in [2.45, 2.75) is 143 Å². The molecule has 1 heterocycles. The molecule has 0 N–H and O–H groups in total. The Balaban J connectivity index is 1.70. The van der Waals surface area contributed by atoms with Crippen LogP contribution in [0.3, 0.4) is 0 Å². The number of unbranched alkanes of at least 4 members (excludes halogenated alkanes) is 12. The molecule has 39 heavy (non-hydrogen) atoms. The lowest BCUT2D eigenvalue weighted by atomic mass is 9.96. The van der Waals surface area contributed by atoms with E-state index in [0.29, 0.717) is 5.92 Å². The number of benzene rings is 2. The highest BCUT2D eigenvalue weighted by Gasteiger charge is 2.25. The molecular weight excluding hydrogens is 472 g/mol. The Bertz CT molecular complexity index is 1000. The fraction of sp³-hybridized carbons (Fsp3) is 0.595. The maximum atomic E-state index is 2.71. The standard InChI is InChI=1S/C37H57N2/c1-4-6-8-10-11-12-13-14-15-22-28-38-32-36(30-33(3)35-26-20-17-21-27-35)39(29-23-9-7-5-2)37(38)31-34-24-18-16-19-25-34/h16-21,24-27,32-33H,4-15,22-23,28-31H2,1-3H3/q+1. The smallest absolute Gasteiger partial charge is 0.234 e. The summed E-state index contributed by atoms with van der Waals surface area (Å²) in [5.41, 5.74) is 4.38. The highest BCUT2D eigenvalue weighted by Crippen LogP contribution is 2.22. The summed E-state index contributed by atoms with van der Waals surface area (Å²) < 4.78 is 5.34. The van der Waals surface area contributed by atoms with Gasteiger partial charge in [0.25, 0.3) is 5.82 Å². The van der Waals surface area contributed by atoms with Crippen molar-refractivity contribution in [3.63, 3.8) is 0 Å². The van der Waals surface area contributed by atoms with Crippen LogP contribution < -0.4 is 4.57 Å². The van der Waals surface area contributed by atoms with Gasteiger partial charge in [0, 0.05) is 6.42 Å². The number of hydrogen-bond acceptors (Lipinski definition) is 0. The van der Waals surface area contributed by atoms with Crippen LogP contribution in [-0.2, 0) is 25.9 Å². The van der Waals surface area contributed by atoms with E-state index in [-0.39, 0.29) is 0 Å². The van der Waals surface area contributed by atoms with E-state index in [1.165, 1.54) is 113 Å². The van der Waals surface area contributed by atoms with Crippen LogP contribution in [0.2, 0.25) is 0 Å². The van der Waals surface area contributed by atoms with E-state index in [9.17, 15) is 0 Å². The lowest BCUT2D eigenvalue weighted by Crippen LogP contribution is -2.37. The zero-order valence-electron chi connectivity index (χ0n) is 25.6. The van der Waals surface area contributed by atoms with Gasteiger partial charge in [-0.05, 0) is 42.7 Å². The average molecular weight is 530 g/mol. The van der Waals surface area contributed by atoms with E-state index in [1.807, 2.05) is 0 Å². The van der Waals surface area contributed by atoms with E-state index in [2.05, 4.69) is 96.8 Å². The van der Waals surface area contributed by atoms with E-state index in [1.54, 1.807) is 0 Å². The summed E-state index contributed by atoms with van der Waals surface area (Å²) in [6.45, 7) is 9.30. The number of rotatable bonds is 21. The molecule has 2 aromatic carbocycles. The van der Waals surface area contributed by atoms with Gasteiger partial charge in [-0.25, -0.2) is 9.13 Å². The quantitative estimate of drug-likeness (QED) is 0.0958. The molecule has 0 saturated heterocycles. The van der Waals surface area contributed by atoms with Crippen molar-refractivity contribution < 1.29 is 4.57 Å². The summed E-state index contributed by atoms with van der Waals surface area (Å²) >= 11 is 0. The Labute approximate surface area is 240 Å². The van der Waals surface area contributed by atoms with Crippen molar-refractivity contribution in [2.24, 2.45) is 0 Å². The Morgan fingerprint density at radius 2 is 1.18 bits per heavy atom. The van der Waals surface area contributed by atoms with Gasteiger partial charge in [-0.15, -0.1) is 0 Å². The van der Waals surface area contributed by atoms with E-state index in [0.717, 1.165) is 25.9 Å². The molecule has 0 spiro atoms. The molecular formula is C37H57N2+. The Kier molecular flexibility index (Phi) is 15.1. The fourth-order valence-corrected chi connectivity index (χ4v) is 5.93. The number of hydrogen-bond donors (Lipinski definition) is 0. The molecule has 0 saturated carbocycles. The predicted octanol–water partition coefficient (Wildman–Crippen LogP) is 10.2. The van der Waals surface area contributed by atoms with Crippen molar-refractivity contribution in [1.82, 2.24) is 4.57 Å². The molecule has 1 aromatic heterocycles. The fourth-order valence-electron chi connectivity index (χ4n) is 5.93. The van der Waals surface area contributed by atoms with Crippen LogP contribution in [0.5, 0.6) is 0 Å². The van der Waals surface area contributed by atoms with Crippen LogP contribution in [0.1, 0.15) is 139 Å². The SMILES string of the molecule is CCCCCCCCCCCC[n+]1cc(CC(C)c2ccccc2)n(CCCCCC)c1Cc1ccccc1. The Morgan fingerprint density at radius 3 is 1.79 bits per heavy atom. The molecule has 0 aliphatic carbocycles. The van der Waals surface area contributed by atoms with Gasteiger partial charge >= 0.3 is 0 Å². The highest BCUT2D eigenvalue weighted by atomic mass is 15.2. The normalized spacial score (nSPS) is 12.2. The second-order valence-corrected chi connectivity index (χ2v) is 11.8. The summed E-state index contributed by atoms with van der Waals surface area (Å²) in [7, 11) is 0. The molecule has 3 aromatic rings. The topological polar surface area (TPSA) is 8.81 Å². The first-order chi connectivity index (χ1) is 19.2. The maximum Gasteiger partial charge on any atom is 0.261 e. The molecule has 3 rings (SSSR count). The van der Waals surface area contributed by atoms with Crippen molar-refractivity contribution >= 4 is 0 Å². The molecule has 0 aliphatic rings. The predicted molar refractivity (Wildman–Crippen MR) is 168 cm³/mol. The van der Waals surface area contributed by atoms with Gasteiger partial charge in [-0.1, -0.05) is 146 Å². The lowest BCUT2D eigenvalue weighted by molar-refractivity contribution is -0.704. The van der Waals surface area contributed by atoms with Crippen LogP contribution in [0, 0.1) is 0 Å². The summed E-state index contributed by atoms with van der Waals surface area (Å²) in [5, 5.41) is 0. The molecule has 0 bridgehead atoms. The van der Waals surface area contributed by atoms with Gasteiger partial charge in [0.2, 0.25) is 0 Å². The largest absolute Gasteiger partial charge is 0.261 e. The van der Waals surface area contributed by atoms with Crippen LogP contribution in [-0.4, -0.2) is 4.57 Å². The molecule has 214 valence electrons. The molecule has 1 unspecified atom stereocenters. The van der Waals surface area contributed by atoms with Crippen LogP contribution >= 0.6 is 0 Å². The van der Waals surface area contributed by atoms with Gasteiger partial charge in [-0.3, -0.25) is 0 Å². The van der Waals surface area contributed by atoms with Gasteiger partial charge < -0.3 is 0 Å². The molecule has 0 fully saturated rings. The second kappa shape index (κ2) is 18.9. The first-order valence-electron chi connectivity index (χ1n) is 16.4. The number of aromatic nitrogens is 2. The van der Waals surface area contributed by atoms with Gasteiger partial charge in [0.1, 0.15) is 11.9 Å². The Morgan fingerprint density at radius 1 is 0.641 bits per heavy atom. The molecule has 2 heteroatoms. The Hall–Kier alpha value is -2.35. The molecule has 0 radical (unpaired) electrons. The van der Waals surface area contributed by atoms with Gasteiger partial charge in [-0.2, -0.15) is 0 Å². The number of imidazole rings is 1. The summed E-state index contributed by atoms with van der Waals surface area (Å²) in [4.78, 5) is 0. The summed E-state index contributed by atoms with van der Waals surface area (Å²) in [6, 6.07) is 22.2. The second-order valence-electron chi connectivity index (χ2n) is 11.8. The van der Waals surface area contributed by atoms with E-state index < -0.39 is 0 Å². The zero-order chi connectivity index (χ0) is 27.5. The van der Waals surface area contributed by atoms with Crippen LogP contribution in [0.15, 0.2) is 66.9 Å². The molecule has 2 nitrogen and oxygen atoms in total. The third-order valence-corrected chi connectivity index (χ3v) is 8.37. The van der Waals surface area contributed by atoms with E-state index >= 15 is 0 Å². The third kappa shape index (κ3) is 11.3. The molecule has 0 amide bonds. The first kappa shape index (κ1) is 31.2. The summed E-state index contributed by atoms with van der Waals surface area (Å²) in [6.07, 6.45) is 23.8. The number of aryl methyl sites for hydroxylation is 1. The summed E-state index contributed by atoms with van der Waals surface area (Å²) in [5.74, 6) is 2.02. The minimum absolute atomic E-state index is 0.519. The lowest BCUT2D eigenvalue weighted by Gasteiger charge is -2.12. The van der Waals surface area contributed by atoms with E-state index in [4.69, 9.17) is 0 Å². The minimum Gasteiger partial charge on any atom is -0.234 e. The maximum absolute atomic E-state index is 2.71. The average Bonchev–Trinajstić information content (AvgIpc) is 3.28. The van der Waals surface area contributed by atoms with Crippen LogP contribution in [0.4, 0.5) is 0 Å².